The van der Waals surface area contributed by atoms with Crippen molar-refractivity contribution >= 4 is 35.6 Å². The van der Waals surface area contributed by atoms with Gasteiger partial charge in [0.2, 0.25) is 0 Å². The number of aliphatic imine (C=N–C) groups is 1. The third-order valence-electron chi connectivity index (χ3n) is 4.33. The molecule has 2 N–H and O–H groups in total. The second kappa shape index (κ2) is 11.4. The molecular formula is C18H31IN4O2. The monoisotopic (exact) mass is 462 g/mol. The lowest BCUT2D eigenvalue weighted by molar-refractivity contribution is 0.256. The molecule has 1 aromatic rings. The maximum absolute atomic E-state index is 5.72. The number of benzene rings is 1. The zero-order valence-electron chi connectivity index (χ0n) is 15.7. The topological polar surface area (TPSA) is 58.1 Å². The van der Waals surface area contributed by atoms with Gasteiger partial charge in [0.15, 0.2) is 17.5 Å². The van der Waals surface area contributed by atoms with Crippen LogP contribution < -0.4 is 20.1 Å². The summed E-state index contributed by atoms with van der Waals surface area (Å²) in [5.74, 6) is 2.34. The van der Waals surface area contributed by atoms with Gasteiger partial charge in [0.25, 0.3) is 0 Å². The van der Waals surface area contributed by atoms with Crippen molar-refractivity contribution in [1.82, 2.24) is 10.2 Å². The second-order valence-electron chi connectivity index (χ2n) is 6.07. The first-order valence-corrected chi connectivity index (χ1v) is 8.71. The Bertz CT molecular complexity index is 554. The summed E-state index contributed by atoms with van der Waals surface area (Å²) < 4.78 is 11.4. The number of halogens is 1. The Labute approximate surface area is 168 Å². The highest BCUT2D eigenvalue weighted by Crippen LogP contribution is 2.32. The molecule has 0 fully saturated rings. The normalized spacial score (nSPS) is 15.2. The number of hydrogen-bond acceptors (Lipinski definition) is 4. The van der Waals surface area contributed by atoms with E-state index in [0.717, 1.165) is 49.1 Å². The minimum atomic E-state index is 0. The molecule has 1 heterocycles. The smallest absolute Gasteiger partial charge is 0.195 e. The number of nitrogens with one attached hydrogen (secondary N) is 2. The van der Waals surface area contributed by atoms with Crippen LogP contribution in [0, 0.1) is 0 Å². The van der Waals surface area contributed by atoms with Crippen LogP contribution in [0.3, 0.4) is 0 Å². The fourth-order valence-electron chi connectivity index (χ4n) is 2.44. The first-order chi connectivity index (χ1) is 11.6. The van der Waals surface area contributed by atoms with Crippen LogP contribution in [0.5, 0.6) is 11.5 Å². The van der Waals surface area contributed by atoms with Crippen molar-refractivity contribution in [1.29, 1.82) is 0 Å². The van der Waals surface area contributed by atoms with Crippen molar-refractivity contribution in [2.45, 2.75) is 32.7 Å². The summed E-state index contributed by atoms with van der Waals surface area (Å²) in [4.78, 5) is 6.62. The third kappa shape index (κ3) is 6.89. The van der Waals surface area contributed by atoms with Crippen molar-refractivity contribution < 1.29 is 9.47 Å². The van der Waals surface area contributed by atoms with Gasteiger partial charge in [0.05, 0.1) is 13.2 Å². The SMILES string of the molecule is CCC(C)N(C)CCNC(=NC)Nc1ccc2c(c1)OCCCO2.I. The predicted molar refractivity (Wildman–Crippen MR) is 115 cm³/mol. The Kier molecular flexibility index (Phi) is 9.96. The van der Waals surface area contributed by atoms with Crippen LogP contribution in [0.25, 0.3) is 0 Å². The van der Waals surface area contributed by atoms with Gasteiger partial charge < -0.3 is 25.0 Å². The number of anilines is 1. The molecule has 0 aromatic heterocycles. The predicted octanol–water partition coefficient (Wildman–Crippen LogP) is 3.18. The van der Waals surface area contributed by atoms with Gasteiger partial charge in [0.1, 0.15) is 0 Å². The summed E-state index contributed by atoms with van der Waals surface area (Å²) in [6.45, 7) is 7.64. The Morgan fingerprint density at radius 1 is 1.28 bits per heavy atom. The highest BCUT2D eigenvalue weighted by atomic mass is 127. The van der Waals surface area contributed by atoms with E-state index in [2.05, 4.69) is 41.4 Å². The van der Waals surface area contributed by atoms with Gasteiger partial charge in [-0.05, 0) is 32.5 Å². The lowest BCUT2D eigenvalue weighted by Gasteiger charge is -2.24. The first kappa shape index (κ1) is 21.8. The molecule has 0 spiro atoms. The van der Waals surface area contributed by atoms with Gasteiger partial charge in [-0.25, -0.2) is 0 Å². The third-order valence-corrected chi connectivity index (χ3v) is 4.33. The molecule has 1 aliphatic rings. The van der Waals surface area contributed by atoms with E-state index < -0.39 is 0 Å². The minimum Gasteiger partial charge on any atom is -0.490 e. The quantitative estimate of drug-likeness (QED) is 0.387. The summed E-state index contributed by atoms with van der Waals surface area (Å²) in [7, 11) is 3.92. The van der Waals surface area contributed by atoms with Crippen LogP contribution >= 0.6 is 24.0 Å². The molecule has 0 saturated carbocycles. The summed E-state index contributed by atoms with van der Waals surface area (Å²) in [6, 6.07) is 6.46. The van der Waals surface area contributed by atoms with E-state index in [4.69, 9.17) is 9.47 Å². The number of ether oxygens (including phenoxy) is 2. The van der Waals surface area contributed by atoms with Crippen molar-refractivity contribution in [2.75, 3.05) is 45.7 Å². The van der Waals surface area contributed by atoms with Gasteiger partial charge in [-0.15, -0.1) is 24.0 Å². The van der Waals surface area contributed by atoms with Gasteiger partial charge in [-0.3, -0.25) is 4.99 Å². The molecule has 0 amide bonds. The van der Waals surface area contributed by atoms with E-state index >= 15 is 0 Å². The van der Waals surface area contributed by atoms with Crippen molar-refractivity contribution in [3.05, 3.63) is 18.2 Å². The van der Waals surface area contributed by atoms with E-state index in [-0.39, 0.29) is 24.0 Å². The molecule has 2 rings (SSSR count). The average Bonchev–Trinajstić information content (AvgIpc) is 2.84. The van der Waals surface area contributed by atoms with Crippen LogP contribution in [-0.2, 0) is 0 Å². The molecular weight excluding hydrogens is 431 g/mol. The van der Waals surface area contributed by atoms with Gasteiger partial charge in [0, 0.05) is 44.4 Å². The summed E-state index contributed by atoms with van der Waals surface area (Å²) in [6.07, 6.45) is 2.06. The molecule has 0 bridgehead atoms. The van der Waals surface area contributed by atoms with Crippen LogP contribution in [0.2, 0.25) is 0 Å². The maximum Gasteiger partial charge on any atom is 0.195 e. The standard InChI is InChI=1S/C18H30N4O2.HI/c1-5-14(2)22(4)10-9-20-18(19-3)21-15-7-8-16-17(13-15)24-12-6-11-23-16;/h7-8,13-14H,5-6,9-12H2,1-4H3,(H2,19,20,21);1H. The molecule has 25 heavy (non-hydrogen) atoms. The van der Waals surface area contributed by atoms with Crippen LogP contribution in [0.1, 0.15) is 26.7 Å². The van der Waals surface area contributed by atoms with Gasteiger partial charge in [-0.1, -0.05) is 6.92 Å². The lowest BCUT2D eigenvalue weighted by Crippen LogP contribution is -2.39. The molecule has 1 unspecified atom stereocenters. The summed E-state index contributed by atoms with van der Waals surface area (Å²) in [5, 5.41) is 6.65. The maximum atomic E-state index is 5.72. The largest absolute Gasteiger partial charge is 0.490 e. The molecule has 7 heteroatoms. The Morgan fingerprint density at radius 2 is 2.00 bits per heavy atom. The number of likely N-dealkylation sites (N-methyl/N-ethyl adjacent to an activating group) is 1. The van der Waals surface area contributed by atoms with Crippen LogP contribution in [-0.4, -0.2) is 57.3 Å². The molecule has 0 radical (unpaired) electrons. The van der Waals surface area contributed by atoms with Crippen molar-refractivity contribution in [3.63, 3.8) is 0 Å². The zero-order chi connectivity index (χ0) is 17.4. The highest BCUT2D eigenvalue weighted by Gasteiger charge is 2.11. The fourth-order valence-corrected chi connectivity index (χ4v) is 2.44. The van der Waals surface area contributed by atoms with E-state index in [0.29, 0.717) is 19.3 Å². The van der Waals surface area contributed by atoms with Gasteiger partial charge >= 0.3 is 0 Å². The second-order valence-corrected chi connectivity index (χ2v) is 6.07. The van der Waals surface area contributed by atoms with Gasteiger partial charge in [-0.2, -0.15) is 0 Å². The number of nitrogens with zero attached hydrogens (tertiary/aromatic N) is 2. The Morgan fingerprint density at radius 3 is 2.68 bits per heavy atom. The Hall–Kier alpha value is -1.22. The van der Waals surface area contributed by atoms with Crippen molar-refractivity contribution in [2.24, 2.45) is 4.99 Å². The Balaban J connectivity index is 0.00000312. The highest BCUT2D eigenvalue weighted by molar-refractivity contribution is 14.0. The summed E-state index contributed by atoms with van der Waals surface area (Å²) in [5.41, 5.74) is 0.933. The molecule has 1 atom stereocenters. The zero-order valence-corrected chi connectivity index (χ0v) is 18.0. The number of rotatable bonds is 6. The number of fused-ring (bicyclic) bond motifs is 1. The molecule has 6 nitrogen and oxygen atoms in total. The molecule has 142 valence electrons. The average molecular weight is 462 g/mol. The van der Waals surface area contributed by atoms with E-state index in [9.17, 15) is 0 Å². The lowest BCUT2D eigenvalue weighted by atomic mass is 10.2. The van der Waals surface area contributed by atoms with E-state index in [1.54, 1.807) is 7.05 Å². The molecule has 1 aromatic carbocycles. The van der Waals surface area contributed by atoms with Crippen LogP contribution in [0.4, 0.5) is 5.69 Å². The molecule has 0 aliphatic carbocycles. The van der Waals surface area contributed by atoms with E-state index in [1.807, 2.05) is 18.2 Å². The summed E-state index contributed by atoms with van der Waals surface area (Å²) >= 11 is 0. The van der Waals surface area contributed by atoms with E-state index in [1.165, 1.54) is 0 Å². The van der Waals surface area contributed by atoms with Crippen LogP contribution in [0.15, 0.2) is 23.2 Å². The first-order valence-electron chi connectivity index (χ1n) is 8.71. The number of guanidine groups is 1. The molecule has 0 saturated heterocycles. The van der Waals surface area contributed by atoms with Crippen molar-refractivity contribution in [3.8, 4) is 11.5 Å². The molecule has 1 aliphatic heterocycles. The fraction of sp³-hybridized carbons (Fsp3) is 0.611. The number of hydrogen-bond donors (Lipinski definition) is 2. The minimum absolute atomic E-state index is 0.